The van der Waals surface area contributed by atoms with Crippen molar-refractivity contribution in [3.05, 3.63) is 65.7 Å². The van der Waals surface area contributed by atoms with E-state index in [0.29, 0.717) is 0 Å². The van der Waals surface area contributed by atoms with Gasteiger partial charge in [-0.25, -0.2) is 8.78 Å². The molecule has 0 bridgehead atoms. The van der Waals surface area contributed by atoms with Gasteiger partial charge in [0.25, 0.3) is 0 Å². The molecule has 0 saturated heterocycles. The first-order chi connectivity index (χ1) is 9.56. The second kappa shape index (κ2) is 6.48. The Balaban J connectivity index is 1.91. The van der Waals surface area contributed by atoms with Crippen LogP contribution in [0.1, 0.15) is 18.0 Å². The molecule has 4 heteroatoms. The highest BCUT2D eigenvalue weighted by Crippen LogP contribution is 2.18. The predicted octanol–water partition coefficient (Wildman–Crippen LogP) is 3.49. The van der Waals surface area contributed by atoms with E-state index in [1.54, 1.807) is 24.3 Å². The molecule has 0 spiro atoms. The number of hydrogen-bond donors (Lipinski definition) is 1. The Bertz CT molecular complexity index is 486. The summed E-state index contributed by atoms with van der Waals surface area (Å²) in [7, 11) is 1.94. The first-order valence-corrected chi connectivity index (χ1v) is 6.54. The van der Waals surface area contributed by atoms with Crippen LogP contribution in [0.15, 0.2) is 48.5 Å². The van der Waals surface area contributed by atoms with Gasteiger partial charge < -0.3 is 10.6 Å². The Kier molecular flexibility index (Phi) is 4.69. The van der Waals surface area contributed by atoms with Crippen LogP contribution in [-0.2, 0) is 0 Å². The number of anilines is 1. The van der Waals surface area contributed by atoms with Crippen LogP contribution in [0, 0.1) is 11.6 Å². The van der Waals surface area contributed by atoms with Gasteiger partial charge in [0.2, 0.25) is 0 Å². The Hall–Kier alpha value is -1.94. The topological polar surface area (TPSA) is 29.3 Å². The summed E-state index contributed by atoms with van der Waals surface area (Å²) < 4.78 is 25.7. The van der Waals surface area contributed by atoms with E-state index in [0.717, 1.165) is 24.2 Å². The molecule has 0 heterocycles. The fourth-order valence-corrected chi connectivity index (χ4v) is 2.03. The van der Waals surface area contributed by atoms with Crippen molar-refractivity contribution in [1.82, 2.24) is 0 Å². The molecule has 0 saturated carbocycles. The van der Waals surface area contributed by atoms with E-state index >= 15 is 0 Å². The monoisotopic (exact) mass is 276 g/mol. The number of benzene rings is 2. The normalized spacial score (nSPS) is 12.2. The van der Waals surface area contributed by atoms with Crippen molar-refractivity contribution in [2.75, 3.05) is 18.5 Å². The molecule has 0 radical (unpaired) electrons. The maximum absolute atomic E-state index is 12.8. The lowest BCUT2D eigenvalue weighted by atomic mass is 10.0. The van der Waals surface area contributed by atoms with Crippen molar-refractivity contribution in [2.24, 2.45) is 5.73 Å². The molecule has 2 aromatic rings. The molecule has 0 aliphatic carbocycles. The fourth-order valence-electron chi connectivity index (χ4n) is 2.03. The summed E-state index contributed by atoms with van der Waals surface area (Å²) in [5.74, 6) is -0.505. The van der Waals surface area contributed by atoms with Gasteiger partial charge in [0, 0.05) is 25.3 Å². The molecular weight excluding hydrogens is 258 g/mol. The number of halogens is 2. The van der Waals surface area contributed by atoms with E-state index in [1.807, 2.05) is 11.9 Å². The Morgan fingerprint density at radius 2 is 1.45 bits per heavy atom. The lowest BCUT2D eigenvalue weighted by Gasteiger charge is -2.21. The molecule has 20 heavy (non-hydrogen) atoms. The van der Waals surface area contributed by atoms with Crippen LogP contribution in [0.3, 0.4) is 0 Å². The molecule has 1 atom stereocenters. The summed E-state index contributed by atoms with van der Waals surface area (Å²) >= 11 is 0. The van der Waals surface area contributed by atoms with Crippen molar-refractivity contribution in [3.63, 3.8) is 0 Å². The molecule has 0 aliphatic rings. The molecule has 2 rings (SSSR count). The van der Waals surface area contributed by atoms with Crippen LogP contribution in [0.5, 0.6) is 0 Å². The van der Waals surface area contributed by atoms with E-state index in [9.17, 15) is 8.78 Å². The average Bonchev–Trinajstić information content (AvgIpc) is 2.46. The van der Waals surface area contributed by atoms with Crippen LogP contribution in [-0.4, -0.2) is 13.6 Å². The van der Waals surface area contributed by atoms with E-state index in [4.69, 9.17) is 5.73 Å². The molecular formula is C16H18F2N2. The zero-order valence-corrected chi connectivity index (χ0v) is 11.4. The number of nitrogens with two attached hydrogens (primary N) is 1. The van der Waals surface area contributed by atoms with E-state index in [2.05, 4.69) is 0 Å². The summed E-state index contributed by atoms with van der Waals surface area (Å²) in [5.41, 5.74) is 7.94. The van der Waals surface area contributed by atoms with Crippen LogP contribution < -0.4 is 10.6 Å². The van der Waals surface area contributed by atoms with Crippen LogP contribution in [0.2, 0.25) is 0 Å². The van der Waals surface area contributed by atoms with Crippen molar-refractivity contribution in [2.45, 2.75) is 12.5 Å². The third-order valence-electron chi connectivity index (χ3n) is 3.34. The Morgan fingerprint density at radius 3 is 2.00 bits per heavy atom. The molecule has 0 fully saturated rings. The van der Waals surface area contributed by atoms with Crippen molar-refractivity contribution >= 4 is 5.69 Å². The lowest BCUT2D eigenvalue weighted by molar-refractivity contribution is 0.617. The van der Waals surface area contributed by atoms with Gasteiger partial charge >= 0.3 is 0 Å². The lowest BCUT2D eigenvalue weighted by Crippen LogP contribution is -2.23. The van der Waals surface area contributed by atoms with Gasteiger partial charge in [0.15, 0.2) is 0 Å². The van der Waals surface area contributed by atoms with E-state index in [1.165, 1.54) is 24.3 Å². The minimum atomic E-state index is -0.260. The Morgan fingerprint density at radius 1 is 0.950 bits per heavy atom. The number of hydrogen-bond acceptors (Lipinski definition) is 2. The quantitative estimate of drug-likeness (QED) is 0.905. The van der Waals surface area contributed by atoms with Gasteiger partial charge in [-0.05, 0) is 48.4 Å². The highest BCUT2D eigenvalue weighted by Gasteiger charge is 2.08. The molecule has 0 aliphatic heterocycles. The zero-order chi connectivity index (χ0) is 14.5. The molecule has 0 amide bonds. The molecule has 2 nitrogen and oxygen atoms in total. The standard InChI is InChI=1S/C16H18F2N2/c1-20(15-8-6-14(18)7-9-15)11-10-16(19)12-2-4-13(17)5-3-12/h2-9,16H,10-11,19H2,1H3. The third kappa shape index (κ3) is 3.78. The van der Waals surface area contributed by atoms with Gasteiger partial charge in [0.1, 0.15) is 11.6 Å². The summed E-state index contributed by atoms with van der Waals surface area (Å²) in [6.07, 6.45) is 0.736. The SMILES string of the molecule is CN(CCC(N)c1ccc(F)cc1)c1ccc(F)cc1. The summed E-state index contributed by atoms with van der Waals surface area (Å²) in [4.78, 5) is 2.02. The highest BCUT2D eigenvalue weighted by atomic mass is 19.1. The summed E-state index contributed by atoms with van der Waals surface area (Å²) in [6.45, 7) is 0.740. The number of rotatable bonds is 5. The molecule has 0 aromatic heterocycles. The zero-order valence-electron chi connectivity index (χ0n) is 11.4. The van der Waals surface area contributed by atoms with Gasteiger partial charge in [-0.2, -0.15) is 0 Å². The molecule has 1 unspecified atom stereocenters. The highest BCUT2D eigenvalue weighted by molar-refractivity contribution is 5.45. The second-order valence-corrected chi connectivity index (χ2v) is 4.84. The average molecular weight is 276 g/mol. The third-order valence-corrected chi connectivity index (χ3v) is 3.34. The molecule has 106 valence electrons. The second-order valence-electron chi connectivity index (χ2n) is 4.84. The fraction of sp³-hybridized carbons (Fsp3) is 0.250. The van der Waals surface area contributed by atoms with Gasteiger partial charge in [-0.15, -0.1) is 0 Å². The van der Waals surface area contributed by atoms with Crippen molar-refractivity contribution in [1.29, 1.82) is 0 Å². The van der Waals surface area contributed by atoms with Gasteiger partial charge in [-0.3, -0.25) is 0 Å². The largest absolute Gasteiger partial charge is 0.375 e. The molecule has 2 N–H and O–H groups in total. The Labute approximate surface area is 117 Å². The minimum Gasteiger partial charge on any atom is -0.375 e. The van der Waals surface area contributed by atoms with E-state index in [-0.39, 0.29) is 17.7 Å². The van der Waals surface area contributed by atoms with Crippen molar-refractivity contribution < 1.29 is 8.78 Å². The predicted molar refractivity (Wildman–Crippen MR) is 77.6 cm³/mol. The maximum Gasteiger partial charge on any atom is 0.123 e. The van der Waals surface area contributed by atoms with Gasteiger partial charge in [0.05, 0.1) is 0 Å². The molecule has 2 aromatic carbocycles. The first kappa shape index (κ1) is 14.5. The van der Waals surface area contributed by atoms with Crippen LogP contribution in [0.25, 0.3) is 0 Å². The summed E-state index contributed by atoms with van der Waals surface area (Å²) in [6, 6.07) is 12.4. The van der Waals surface area contributed by atoms with E-state index < -0.39 is 0 Å². The smallest absolute Gasteiger partial charge is 0.123 e. The van der Waals surface area contributed by atoms with Crippen LogP contribution >= 0.6 is 0 Å². The summed E-state index contributed by atoms with van der Waals surface area (Å²) in [5, 5.41) is 0. The maximum atomic E-state index is 12.8. The number of nitrogens with zero attached hydrogens (tertiary/aromatic N) is 1. The minimum absolute atomic E-state index is 0.140. The van der Waals surface area contributed by atoms with Crippen LogP contribution in [0.4, 0.5) is 14.5 Å². The van der Waals surface area contributed by atoms with Gasteiger partial charge in [-0.1, -0.05) is 12.1 Å². The first-order valence-electron chi connectivity index (χ1n) is 6.54. The van der Waals surface area contributed by atoms with Crippen molar-refractivity contribution in [3.8, 4) is 0 Å².